The zero-order valence-corrected chi connectivity index (χ0v) is 14.1. The van der Waals surface area contributed by atoms with Gasteiger partial charge in [-0.1, -0.05) is 11.8 Å². The first-order valence-electron chi connectivity index (χ1n) is 6.92. The highest BCUT2D eigenvalue weighted by Gasteiger charge is 2.33. The van der Waals surface area contributed by atoms with Crippen molar-refractivity contribution in [3.05, 3.63) is 68.9 Å². The molecule has 1 saturated heterocycles. The quantitative estimate of drug-likeness (QED) is 0.368. The van der Waals surface area contributed by atoms with Crippen LogP contribution in [0.4, 0.5) is 5.69 Å². The third-order valence-electron chi connectivity index (χ3n) is 3.26. The zero-order chi connectivity index (χ0) is 18.0. The van der Waals surface area contributed by atoms with Gasteiger partial charge in [0.05, 0.1) is 9.83 Å². The smallest absolute Gasteiger partial charge is 0.285 e. The number of nitrogens with zero attached hydrogens (tertiary/aromatic N) is 2. The number of aromatic amines is 1. The van der Waals surface area contributed by atoms with Crippen molar-refractivity contribution in [1.82, 2.24) is 15.4 Å². The summed E-state index contributed by atoms with van der Waals surface area (Å²) in [4.78, 5) is 38.0. The molecular weight excluding hydrogens is 364 g/mol. The van der Waals surface area contributed by atoms with E-state index in [0.717, 1.165) is 22.5 Å². The zero-order valence-electron chi connectivity index (χ0n) is 12.5. The fourth-order valence-corrected chi connectivity index (χ4v) is 3.21. The lowest BCUT2D eigenvalue weighted by atomic mass is 10.2. The number of hydrogen-bond acceptors (Lipinski definition) is 6. The second kappa shape index (κ2) is 6.87. The van der Waals surface area contributed by atoms with Crippen LogP contribution < -0.4 is 5.43 Å². The average molecular weight is 374 g/mol. The van der Waals surface area contributed by atoms with E-state index in [-0.39, 0.29) is 15.6 Å². The Morgan fingerprint density at radius 2 is 2.04 bits per heavy atom. The summed E-state index contributed by atoms with van der Waals surface area (Å²) in [6.45, 7) is 0. The summed E-state index contributed by atoms with van der Waals surface area (Å²) in [5.74, 6) is -1.04. The van der Waals surface area contributed by atoms with Crippen LogP contribution in [0.3, 0.4) is 0 Å². The van der Waals surface area contributed by atoms with Crippen LogP contribution in [0.1, 0.15) is 16.1 Å². The van der Waals surface area contributed by atoms with E-state index in [1.807, 2.05) is 0 Å². The monoisotopic (exact) mass is 374 g/mol. The Morgan fingerprint density at radius 1 is 1.32 bits per heavy atom. The number of amides is 2. The third kappa shape index (κ3) is 3.59. The molecule has 0 saturated carbocycles. The molecule has 1 fully saturated rings. The summed E-state index contributed by atoms with van der Waals surface area (Å²) in [6.07, 6.45) is 3.36. The first kappa shape index (κ1) is 16.9. The van der Waals surface area contributed by atoms with Crippen molar-refractivity contribution in [2.75, 3.05) is 0 Å². The number of non-ortho nitro benzene ring substituents is 1. The number of thiocarbonyl (C=S) groups is 1. The Bertz CT molecular complexity index is 891. The molecule has 2 amide bonds. The van der Waals surface area contributed by atoms with Crippen molar-refractivity contribution in [2.24, 2.45) is 0 Å². The van der Waals surface area contributed by atoms with Gasteiger partial charge >= 0.3 is 0 Å². The van der Waals surface area contributed by atoms with Crippen LogP contribution in [0.25, 0.3) is 6.08 Å². The van der Waals surface area contributed by atoms with Gasteiger partial charge in [0.25, 0.3) is 17.5 Å². The highest BCUT2D eigenvalue weighted by atomic mass is 32.2. The van der Waals surface area contributed by atoms with Gasteiger partial charge in [-0.05, 0) is 42.6 Å². The largest absolute Gasteiger partial charge is 0.362 e. The SMILES string of the molecule is O=C(NN1C(=O)/C(=C\c2ccc[nH]2)SC1=S)c1ccc([N+](=O)[O-])cc1. The van der Waals surface area contributed by atoms with Crippen LogP contribution in [0.15, 0.2) is 47.5 Å². The van der Waals surface area contributed by atoms with E-state index in [1.54, 1.807) is 24.4 Å². The van der Waals surface area contributed by atoms with Crippen molar-refractivity contribution in [1.29, 1.82) is 0 Å². The van der Waals surface area contributed by atoms with Gasteiger partial charge < -0.3 is 4.98 Å². The number of benzene rings is 1. The van der Waals surface area contributed by atoms with Gasteiger partial charge in [0.1, 0.15) is 0 Å². The molecule has 126 valence electrons. The number of H-pyrrole nitrogens is 1. The van der Waals surface area contributed by atoms with Gasteiger partial charge in [-0.25, -0.2) is 0 Å². The lowest BCUT2D eigenvalue weighted by Gasteiger charge is -2.15. The summed E-state index contributed by atoms with van der Waals surface area (Å²) in [7, 11) is 0. The minimum absolute atomic E-state index is 0.129. The number of nitrogens with one attached hydrogen (secondary N) is 2. The number of rotatable bonds is 4. The fourth-order valence-electron chi connectivity index (χ4n) is 2.04. The number of carbonyl (C=O) groups is 2. The predicted molar refractivity (Wildman–Crippen MR) is 96.4 cm³/mol. The summed E-state index contributed by atoms with van der Waals surface area (Å²) in [6, 6.07) is 8.62. The van der Waals surface area contributed by atoms with E-state index in [0.29, 0.717) is 4.91 Å². The molecule has 0 radical (unpaired) electrons. The Labute approximate surface area is 151 Å². The molecule has 2 aromatic rings. The highest BCUT2D eigenvalue weighted by molar-refractivity contribution is 8.26. The molecule has 0 unspecified atom stereocenters. The Kier molecular flexibility index (Phi) is 4.63. The van der Waals surface area contributed by atoms with Gasteiger partial charge in [0.15, 0.2) is 4.32 Å². The molecule has 2 heterocycles. The molecule has 1 aliphatic rings. The molecule has 1 aromatic carbocycles. The van der Waals surface area contributed by atoms with Crippen molar-refractivity contribution in [2.45, 2.75) is 0 Å². The first-order chi connectivity index (χ1) is 12.0. The fraction of sp³-hybridized carbons (Fsp3) is 0. The van der Waals surface area contributed by atoms with Gasteiger partial charge in [-0.3, -0.25) is 25.1 Å². The highest BCUT2D eigenvalue weighted by Crippen LogP contribution is 2.31. The van der Waals surface area contributed by atoms with Crippen molar-refractivity contribution < 1.29 is 14.5 Å². The van der Waals surface area contributed by atoms with Crippen molar-refractivity contribution in [3.63, 3.8) is 0 Å². The molecule has 0 atom stereocenters. The van der Waals surface area contributed by atoms with Crippen molar-refractivity contribution >= 4 is 51.9 Å². The Balaban J connectivity index is 1.73. The lowest BCUT2D eigenvalue weighted by Crippen LogP contribution is -2.44. The van der Waals surface area contributed by atoms with E-state index in [4.69, 9.17) is 12.2 Å². The van der Waals surface area contributed by atoms with Crippen LogP contribution in [0.5, 0.6) is 0 Å². The molecule has 1 aliphatic heterocycles. The molecular formula is C15H10N4O4S2. The van der Waals surface area contributed by atoms with Crippen molar-refractivity contribution in [3.8, 4) is 0 Å². The maximum Gasteiger partial charge on any atom is 0.285 e. The molecule has 3 rings (SSSR count). The number of nitro groups is 1. The summed E-state index contributed by atoms with van der Waals surface area (Å²) in [5, 5.41) is 11.6. The Hall–Kier alpha value is -2.98. The van der Waals surface area contributed by atoms with Crippen LogP contribution in [-0.2, 0) is 4.79 Å². The van der Waals surface area contributed by atoms with E-state index in [2.05, 4.69) is 10.4 Å². The Morgan fingerprint density at radius 3 is 2.64 bits per heavy atom. The van der Waals surface area contributed by atoms with E-state index >= 15 is 0 Å². The lowest BCUT2D eigenvalue weighted by molar-refractivity contribution is -0.384. The minimum Gasteiger partial charge on any atom is -0.362 e. The molecule has 2 N–H and O–H groups in total. The van der Waals surface area contributed by atoms with Crippen LogP contribution in [-0.4, -0.2) is 31.1 Å². The standard InChI is InChI=1S/C15H10N4O4S2/c20-13(9-3-5-11(6-4-9)19(22)23)17-18-14(21)12(25-15(18)24)8-10-2-1-7-16-10/h1-8,16H,(H,17,20)/b12-8+. The minimum atomic E-state index is -0.590. The number of thioether (sulfide) groups is 1. The molecule has 0 spiro atoms. The normalized spacial score (nSPS) is 15.7. The second-order valence-electron chi connectivity index (χ2n) is 4.89. The summed E-state index contributed by atoms with van der Waals surface area (Å²) < 4.78 is 0.193. The molecule has 0 bridgehead atoms. The maximum atomic E-state index is 12.4. The number of carbonyl (C=O) groups excluding carboxylic acids is 2. The summed E-state index contributed by atoms with van der Waals surface area (Å²) >= 11 is 6.20. The van der Waals surface area contributed by atoms with E-state index in [9.17, 15) is 19.7 Å². The van der Waals surface area contributed by atoms with E-state index in [1.165, 1.54) is 24.3 Å². The number of hydrogen-bond donors (Lipinski definition) is 2. The predicted octanol–water partition coefficient (Wildman–Crippen LogP) is 2.47. The third-order valence-corrected chi connectivity index (χ3v) is 4.56. The first-order valence-corrected chi connectivity index (χ1v) is 8.15. The topological polar surface area (TPSA) is 108 Å². The van der Waals surface area contributed by atoms with Gasteiger partial charge in [-0.2, -0.15) is 5.01 Å². The molecule has 25 heavy (non-hydrogen) atoms. The number of hydrazine groups is 1. The van der Waals surface area contributed by atoms with Gasteiger partial charge in [0, 0.05) is 29.6 Å². The van der Waals surface area contributed by atoms with Crippen LogP contribution >= 0.6 is 24.0 Å². The molecule has 0 aliphatic carbocycles. The van der Waals surface area contributed by atoms with Gasteiger partial charge in [-0.15, -0.1) is 0 Å². The van der Waals surface area contributed by atoms with E-state index < -0.39 is 16.7 Å². The van der Waals surface area contributed by atoms with Gasteiger partial charge in [0.2, 0.25) is 0 Å². The summed E-state index contributed by atoms with van der Waals surface area (Å²) in [5.41, 5.74) is 3.20. The van der Waals surface area contributed by atoms with Crippen LogP contribution in [0, 0.1) is 10.1 Å². The average Bonchev–Trinajstić information content (AvgIpc) is 3.19. The molecule has 10 heteroatoms. The number of nitro benzene ring substituents is 1. The molecule has 1 aromatic heterocycles. The van der Waals surface area contributed by atoms with Crippen LogP contribution in [0.2, 0.25) is 0 Å². The maximum absolute atomic E-state index is 12.4. The number of aromatic nitrogens is 1. The second-order valence-corrected chi connectivity index (χ2v) is 6.56. The molecule has 8 nitrogen and oxygen atoms in total.